The van der Waals surface area contributed by atoms with E-state index >= 15 is 0 Å². The van der Waals surface area contributed by atoms with Gasteiger partial charge in [-0.2, -0.15) is 0 Å². The van der Waals surface area contributed by atoms with Gasteiger partial charge in [0.1, 0.15) is 17.3 Å². The SMILES string of the molecule is CCCCc1nccn1CCNC1c2ccccc2Oc2ccccc21. The van der Waals surface area contributed by atoms with Gasteiger partial charge in [-0.1, -0.05) is 49.7 Å². The fraction of sp³-hybridized carbons (Fsp3) is 0.318. The van der Waals surface area contributed by atoms with Crippen molar-refractivity contribution in [2.75, 3.05) is 6.54 Å². The Morgan fingerprint density at radius 3 is 2.42 bits per heavy atom. The average Bonchev–Trinajstić information content (AvgIpc) is 3.13. The second-order valence-electron chi connectivity index (χ2n) is 6.71. The Balaban J connectivity index is 1.49. The minimum absolute atomic E-state index is 0.152. The number of aromatic nitrogens is 2. The first-order chi connectivity index (χ1) is 12.9. The number of hydrogen-bond donors (Lipinski definition) is 1. The molecular weight excluding hydrogens is 322 g/mol. The monoisotopic (exact) mass is 347 g/mol. The summed E-state index contributed by atoms with van der Waals surface area (Å²) in [5.41, 5.74) is 2.39. The predicted molar refractivity (Wildman–Crippen MR) is 104 cm³/mol. The molecule has 0 unspecified atom stereocenters. The highest BCUT2D eigenvalue weighted by molar-refractivity contribution is 5.52. The van der Waals surface area contributed by atoms with E-state index < -0.39 is 0 Å². The van der Waals surface area contributed by atoms with Gasteiger partial charge in [0.15, 0.2) is 0 Å². The molecular formula is C22H25N3O. The Labute approximate surface area is 154 Å². The summed E-state index contributed by atoms with van der Waals surface area (Å²) in [7, 11) is 0. The number of nitrogens with zero attached hydrogens (tertiary/aromatic N) is 2. The third kappa shape index (κ3) is 3.37. The van der Waals surface area contributed by atoms with E-state index in [2.05, 4.69) is 52.3 Å². The molecule has 4 heteroatoms. The molecule has 4 nitrogen and oxygen atoms in total. The molecule has 4 rings (SSSR count). The van der Waals surface area contributed by atoms with Gasteiger partial charge in [0.05, 0.1) is 6.04 Å². The first-order valence-corrected chi connectivity index (χ1v) is 9.46. The van der Waals surface area contributed by atoms with Gasteiger partial charge in [-0.05, 0) is 18.6 Å². The second kappa shape index (κ2) is 7.75. The predicted octanol–water partition coefficient (Wildman–Crippen LogP) is 4.71. The molecule has 26 heavy (non-hydrogen) atoms. The fourth-order valence-corrected chi connectivity index (χ4v) is 3.57. The number of para-hydroxylation sites is 2. The Bertz CT molecular complexity index is 826. The van der Waals surface area contributed by atoms with E-state index in [9.17, 15) is 0 Å². The summed E-state index contributed by atoms with van der Waals surface area (Å²) in [6.07, 6.45) is 7.42. The van der Waals surface area contributed by atoms with E-state index in [1.165, 1.54) is 29.8 Å². The van der Waals surface area contributed by atoms with Gasteiger partial charge >= 0.3 is 0 Å². The summed E-state index contributed by atoms with van der Waals surface area (Å²) in [6.45, 7) is 4.01. The molecule has 0 spiro atoms. The molecule has 134 valence electrons. The summed E-state index contributed by atoms with van der Waals surface area (Å²) in [4.78, 5) is 4.51. The van der Waals surface area contributed by atoms with Gasteiger partial charge < -0.3 is 14.6 Å². The van der Waals surface area contributed by atoms with Gasteiger partial charge in [-0.15, -0.1) is 0 Å². The highest BCUT2D eigenvalue weighted by Gasteiger charge is 2.26. The Kier molecular flexibility index (Phi) is 5.02. The number of nitrogens with one attached hydrogen (secondary N) is 1. The van der Waals surface area contributed by atoms with Crippen molar-refractivity contribution in [1.82, 2.24) is 14.9 Å². The highest BCUT2D eigenvalue weighted by atomic mass is 16.5. The largest absolute Gasteiger partial charge is 0.457 e. The lowest BCUT2D eigenvalue weighted by Gasteiger charge is -2.29. The third-order valence-corrected chi connectivity index (χ3v) is 4.94. The van der Waals surface area contributed by atoms with E-state index in [4.69, 9.17) is 4.74 Å². The Morgan fingerprint density at radius 1 is 1.04 bits per heavy atom. The molecule has 1 aromatic heterocycles. The van der Waals surface area contributed by atoms with Crippen LogP contribution in [-0.2, 0) is 13.0 Å². The van der Waals surface area contributed by atoms with Crippen LogP contribution in [0.1, 0.15) is 42.8 Å². The number of rotatable bonds is 7. The maximum atomic E-state index is 6.07. The minimum Gasteiger partial charge on any atom is -0.457 e. The zero-order valence-electron chi connectivity index (χ0n) is 15.2. The van der Waals surface area contributed by atoms with Crippen molar-refractivity contribution in [1.29, 1.82) is 0 Å². The number of imidazole rings is 1. The van der Waals surface area contributed by atoms with Crippen LogP contribution in [0.15, 0.2) is 60.9 Å². The number of fused-ring (bicyclic) bond motifs is 2. The van der Waals surface area contributed by atoms with Crippen molar-refractivity contribution >= 4 is 0 Å². The van der Waals surface area contributed by atoms with Crippen molar-refractivity contribution < 1.29 is 4.74 Å². The summed E-state index contributed by atoms with van der Waals surface area (Å²) in [6, 6.07) is 16.7. The van der Waals surface area contributed by atoms with Crippen LogP contribution in [0.3, 0.4) is 0 Å². The molecule has 1 N–H and O–H groups in total. The molecule has 0 bridgehead atoms. The first-order valence-electron chi connectivity index (χ1n) is 9.46. The van der Waals surface area contributed by atoms with Crippen LogP contribution in [0.5, 0.6) is 11.5 Å². The molecule has 0 saturated carbocycles. The highest BCUT2D eigenvalue weighted by Crippen LogP contribution is 2.42. The van der Waals surface area contributed by atoms with E-state index in [1.807, 2.05) is 30.5 Å². The lowest BCUT2D eigenvalue weighted by Crippen LogP contribution is -2.28. The van der Waals surface area contributed by atoms with E-state index in [-0.39, 0.29) is 6.04 Å². The maximum Gasteiger partial charge on any atom is 0.132 e. The lowest BCUT2D eigenvalue weighted by molar-refractivity contribution is 0.423. The zero-order chi connectivity index (χ0) is 17.8. The van der Waals surface area contributed by atoms with Crippen molar-refractivity contribution in [2.24, 2.45) is 0 Å². The molecule has 0 fully saturated rings. The van der Waals surface area contributed by atoms with Crippen molar-refractivity contribution in [3.05, 3.63) is 77.9 Å². The minimum atomic E-state index is 0.152. The molecule has 0 amide bonds. The zero-order valence-corrected chi connectivity index (χ0v) is 15.2. The van der Waals surface area contributed by atoms with Crippen LogP contribution < -0.4 is 10.1 Å². The first kappa shape index (κ1) is 16.9. The van der Waals surface area contributed by atoms with E-state index in [0.29, 0.717) is 0 Å². The summed E-state index contributed by atoms with van der Waals surface area (Å²) in [5, 5.41) is 3.73. The number of unbranched alkanes of at least 4 members (excludes halogenated alkanes) is 1. The second-order valence-corrected chi connectivity index (χ2v) is 6.71. The molecule has 0 aliphatic carbocycles. The lowest BCUT2D eigenvalue weighted by atomic mass is 9.94. The Hall–Kier alpha value is -2.59. The molecule has 3 aromatic rings. The van der Waals surface area contributed by atoms with Crippen molar-refractivity contribution in [3.8, 4) is 11.5 Å². The summed E-state index contributed by atoms with van der Waals surface area (Å²) < 4.78 is 8.33. The van der Waals surface area contributed by atoms with Crippen LogP contribution in [0.25, 0.3) is 0 Å². The molecule has 0 atom stereocenters. The van der Waals surface area contributed by atoms with Gasteiger partial charge in [-0.25, -0.2) is 4.98 Å². The molecule has 0 radical (unpaired) electrons. The smallest absolute Gasteiger partial charge is 0.132 e. The van der Waals surface area contributed by atoms with Crippen LogP contribution in [-0.4, -0.2) is 16.1 Å². The van der Waals surface area contributed by atoms with Crippen LogP contribution in [0, 0.1) is 0 Å². The van der Waals surface area contributed by atoms with Gasteiger partial charge in [0.25, 0.3) is 0 Å². The van der Waals surface area contributed by atoms with Crippen LogP contribution in [0.2, 0.25) is 0 Å². The summed E-state index contributed by atoms with van der Waals surface area (Å²) >= 11 is 0. The average molecular weight is 347 g/mol. The number of aryl methyl sites for hydroxylation is 1. The van der Waals surface area contributed by atoms with Crippen LogP contribution in [0.4, 0.5) is 0 Å². The van der Waals surface area contributed by atoms with Crippen molar-refractivity contribution in [2.45, 2.75) is 38.8 Å². The maximum absolute atomic E-state index is 6.07. The fourth-order valence-electron chi connectivity index (χ4n) is 3.57. The Morgan fingerprint density at radius 2 is 1.73 bits per heavy atom. The molecule has 2 aromatic carbocycles. The van der Waals surface area contributed by atoms with Gasteiger partial charge in [0.2, 0.25) is 0 Å². The van der Waals surface area contributed by atoms with Gasteiger partial charge in [-0.3, -0.25) is 0 Å². The number of benzene rings is 2. The van der Waals surface area contributed by atoms with Gasteiger partial charge in [0, 0.05) is 43.0 Å². The van der Waals surface area contributed by atoms with Crippen LogP contribution >= 0.6 is 0 Å². The topological polar surface area (TPSA) is 39.1 Å². The molecule has 1 aliphatic rings. The van der Waals surface area contributed by atoms with E-state index in [0.717, 1.165) is 31.0 Å². The quantitative estimate of drug-likeness (QED) is 0.673. The third-order valence-electron chi connectivity index (χ3n) is 4.94. The van der Waals surface area contributed by atoms with Crippen molar-refractivity contribution in [3.63, 3.8) is 0 Å². The molecule has 1 aliphatic heterocycles. The standard InChI is InChI=1S/C22H25N3O/c1-2-3-12-21-23-13-15-25(21)16-14-24-22-17-8-4-6-10-19(17)26-20-11-7-5-9-18(20)22/h4-11,13,15,22,24H,2-3,12,14,16H2,1H3. The van der Waals surface area contributed by atoms with E-state index in [1.54, 1.807) is 0 Å². The normalized spacial score (nSPS) is 13.1. The summed E-state index contributed by atoms with van der Waals surface area (Å²) in [5.74, 6) is 3.06. The molecule has 0 saturated heterocycles. The molecule has 2 heterocycles. The number of ether oxygens (including phenoxy) is 1. The number of hydrogen-bond acceptors (Lipinski definition) is 3.